The second kappa shape index (κ2) is 9.18. The predicted octanol–water partition coefficient (Wildman–Crippen LogP) is 3.37. The van der Waals surface area contributed by atoms with Crippen molar-refractivity contribution in [3.8, 4) is 0 Å². The normalized spacial score (nSPS) is 17.6. The van der Waals surface area contributed by atoms with E-state index in [9.17, 15) is 4.79 Å². The maximum atomic E-state index is 12.2. The number of nitrogens with zero attached hydrogens (tertiary/aromatic N) is 1. The molecule has 1 amide bonds. The van der Waals surface area contributed by atoms with Crippen LogP contribution in [0, 0.1) is 5.92 Å². The van der Waals surface area contributed by atoms with Crippen LogP contribution in [0.1, 0.15) is 33.1 Å². The number of carbonyl (C=O) groups excluding carboxylic acids is 1. The minimum absolute atomic E-state index is 0.0193. The lowest BCUT2D eigenvalue weighted by atomic mass is 10.1. The Balaban J connectivity index is 1.83. The summed E-state index contributed by atoms with van der Waals surface area (Å²) in [5.74, 6) is 1.03. The second-order valence-electron chi connectivity index (χ2n) is 6.35. The molecule has 4 nitrogen and oxygen atoms in total. The molecule has 128 valence electrons. The number of amides is 1. The van der Waals surface area contributed by atoms with E-state index >= 15 is 0 Å². The number of anilines is 2. The molecule has 2 N–H and O–H groups in total. The first-order valence-corrected chi connectivity index (χ1v) is 9.53. The van der Waals surface area contributed by atoms with Crippen molar-refractivity contribution >= 4 is 29.0 Å². The molecule has 5 heteroatoms. The van der Waals surface area contributed by atoms with E-state index in [1.165, 1.54) is 24.9 Å². The largest absolute Gasteiger partial charge is 0.396 e. The van der Waals surface area contributed by atoms with Gasteiger partial charge in [0.15, 0.2) is 0 Å². The van der Waals surface area contributed by atoms with Crippen LogP contribution in [-0.2, 0) is 4.79 Å². The molecular formula is C18H28N2O2S. The minimum atomic E-state index is -0.120. The van der Waals surface area contributed by atoms with Crippen molar-refractivity contribution in [1.29, 1.82) is 0 Å². The zero-order valence-electron chi connectivity index (χ0n) is 14.1. The molecule has 1 aromatic carbocycles. The first-order valence-electron chi connectivity index (χ1n) is 8.48. The fourth-order valence-electron chi connectivity index (χ4n) is 2.59. The molecule has 23 heavy (non-hydrogen) atoms. The summed E-state index contributed by atoms with van der Waals surface area (Å²) < 4.78 is 0. The molecule has 2 unspecified atom stereocenters. The van der Waals surface area contributed by atoms with Gasteiger partial charge in [-0.1, -0.05) is 6.92 Å². The number of carbonyl (C=O) groups is 1. The second-order valence-corrected chi connectivity index (χ2v) is 7.72. The molecule has 0 bridgehead atoms. The molecule has 1 fully saturated rings. The zero-order valence-corrected chi connectivity index (χ0v) is 14.9. The number of thioether (sulfide) groups is 1. The van der Waals surface area contributed by atoms with Gasteiger partial charge in [-0.3, -0.25) is 4.79 Å². The lowest BCUT2D eigenvalue weighted by Gasteiger charge is -2.28. The molecule has 2 rings (SSSR count). The lowest BCUT2D eigenvalue weighted by molar-refractivity contribution is -0.115. The molecule has 1 aromatic rings. The number of benzene rings is 1. The molecule has 0 aliphatic carbocycles. The number of hydrogen-bond donors (Lipinski definition) is 2. The standard InChI is InChI=1S/C18H28N2O2S/c1-14(12-21)13-23-15(2)18(22)19-16-6-8-17(9-7-16)20-10-4-3-5-11-20/h6-9,14-15,21H,3-5,10-13H2,1-2H3,(H,19,22). The smallest absolute Gasteiger partial charge is 0.237 e. The van der Waals surface area contributed by atoms with Gasteiger partial charge in [0.2, 0.25) is 5.91 Å². The molecule has 0 radical (unpaired) electrons. The van der Waals surface area contributed by atoms with E-state index in [0.29, 0.717) is 0 Å². The van der Waals surface area contributed by atoms with E-state index < -0.39 is 0 Å². The van der Waals surface area contributed by atoms with Gasteiger partial charge in [0.1, 0.15) is 0 Å². The summed E-state index contributed by atoms with van der Waals surface area (Å²) in [4.78, 5) is 14.6. The van der Waals surface area contributed by atoms with E-state index in [-0.39, 0.29) is 23.7 Å². The van der Waals surface area contributed by atoms with Gasteiger partial charge in [0.25, 0.3) is 0 Å². The summed E-state index contributed by atoms with van der Waals surface area (Å²) in [6.07, 6.45) is 3.86. The number of hydrogen-bond acceptors (Lipinski definition) is 4. The van der Waals surface area contributed by atoms with Gasteiger partial charge >= 0.3 is 0 Å². The third-order valence-electron chi connectivity index (χ3n) is 4.17. The number of piperidine rings is 1. The fraction of sp³-hybridized carbons (Fsp3) is 0.611. The Bertz CT molecular complexity index is 486. The Morgan fingerprint density at radius 1 is 1.22 bits per heavy atom. The highest BCUT2D eigenvalue weighted by molar-refractivity contribution is 8.00. The van der Waals surface area contributed by atoms with Gasteiger partial charge in [-0.25, -0.2) is 0 Å². The number of aliphatic hydroxyl groups excluding tert-OH is 1. The van der Waals surface area contributed by atoms with Crippen molar-refractivity contribution < 1.29 is 9.90 Å². The van der Waals surface area contributed by atoms with E-state index in [0.717, 1.165) is 24.5 Å². The van der Waals surface area contributed by atoms with Gasteiger partial charge in [-0.2, -0.15) is 0 Å². The maximum absolute atomic E-state index is 12.2. The van der Waals surface area contributed by atoms with Crippen LogP contribution in [0.2, 0.25) is 0 Å². The van der Waals surface area contributed by atoms with Crippen LogP contribution in [0.15, 0.2) is 24.3 Å². The molecule has 0 spiro atoms. The highest BCUT2D eigenvalue weighted by atomic mass is 32.2. The van der Waals surface area contributed by atoms with Crippen LogP contribution in [0.3, 0.4) is 0 Å². The molecule has 1 heterocycles. The van der Waals surface area contributed by atoms with E-state index in [4.69, 9.17) is 5.11 Å². The summed E-state index contributed by atoms with van der Waals surface area (Å²) in [7, 11) is 0. The van der Waals surface area contributed by atoms with Crippen molar-refractivity contribution in [3.05, 3.63) is 24.3 Å². The van der Waals surface area contributed by atoms with Crippen LogP contribution < -0.4 is 10.2 Å². The average molecular weight is 337 g/mol. The van der Waals surface area contributed by atoms with Gasteiger partial charge in [0, 0.05) is 31.1 Å². The number of rotatable bonds is 7. The first-order chi connectivity index (χ1) is 11.1. The molecule has 2 atom stereocenters. The average Bonchev–Trinajstić information content (AvgIpc) is 2.60. The molecule has 1 aliphatic rings. The van der Waals surface area contributed by atoms with E-state index in [1.54, 1.807) is 11.8 Å². The Kier molecular flexibility index (Phi) is 7.24. The molecule has 0 saturated carbocycles. The first kappa shape index (κ1) is 18.1. The van der Waals surface area contributed by atoms with Gasteiger partial charge in [-0.15, -0.1) is 11.8 Å². The third kappa shape index (κ3) is 5.74. The Hall–Kier alpha value is -1.20. The van der Waals surface area contributed by atoms with Crippen molar-refractivity contribution in [2.75, 3.05) is 35.7 Å². The number of nitrogens with one attached hydrogen (secondary N) is 1. The van der Waals surface area contributed by atoms with E-state index in [2.05, 4.69) is 22.3 Å². The van der Waals surface area contributed by atoms with Gasteiger partial charge in [-0.05, 0) is 62.1 Å². The molecule has 1 saturated heterocycles. The van der Waals surface area contributed by atoms with Crippen LogP contribution in [0.25, 0.3) is 0 Å². The highest BCUT2D eigenvalue weighted by Gasteiger charge is 2.15. The summed E-state index contributed by atoms with van der Waals surface area (Å²) in [6.45, 7) is 6.31. The number of aliphatic hydroxyl groups is 1. The third-order valence-corrected chi connectivity index (χ3v) is 5.64. The Morgan fingerprint density at radius 3 is 2.48 bits per heavy atom. The predicted molar refractivity (Wildman–Crippen MR) is 99.3 cm³/mol. The van der Waals surface area contributed by atoms with Crippen molar-refractivity contribution in [2.45, 2.75) is 38.4 Å². The topological polar surface area (TPSA) is 52.6 Å². The zero-order chi connectivity index (χ0) is 16.7. The molecular weight excluding hydrogens is 308 g/mol. The highest BCUT2D eigenvalue weighted by Crippen LogP contribution is 2.22. The van der Waals surface area contributed by atoms with Crippen LogP contribution in [0.5, 0.6) is 0 Å². The van der Waals surface area contributed by atoms with Crippen molar-refractivity contribution in [3.63, 3.8) is 0 Å². The Labute approximate surface area is 143 Å². The molecule has 0 aromatic heterocycles. The van der Waals surface area contributed by atoms with Crippen LogP contribution in [0.4, 0.5) is 11.4 Å². The monoisotopic (exact) mass is 336 g/mol. The molecule has 1 aliphatic heterocycles. The SMILES string of the molecule is CC(CO)CSC(C)C(=O)Nc1ccc(N2CCCCC2)cc1. The van der Waals surface area contributed by atoms with Crippen LogP contribution >= 0.6 is 11.8 Å². The fourth-order valence-corrected chi connectivity index (χ4v) is 3.52. The summed E-state index contributed by atoms with van der Waals surface area (Å²) in [5, 5.41) is 11.9. The van der Waals surface area contributed by atoms with E-state index in [1.807, 2.05) is 26.0 Å². The van der Waals surface area contributed by atoms with Crippen LogP contribution in [-0.4, -0.2) is 41.7 Å². The quantitative estimate of drug-likeness (QED) is 0.801. The lowest BCUT2D eigenvalue weighted by Crippen LogP contribution is -2.29. The summed E-state index contributed by atoms with van der Waals surface area (Å²) >= 11 is 1.58. The minimum Gasteiger partial charge on any atom is -0.396 e. The van der Waals surface area contributed by atoms with Crippen molar-refractivity contribution in [1.82, 2.24) is 0 Å². The Morgan fingerprint density at radius 2 is 1.87 bits per heavy atom. The summed E-state index contributed by atoms with van der Waals surface area (Å²) in [6, 6.07) is 8.14. The summed E-state index contributed by atoms with van der Waals surface area (Å²) in [5.41, 5.74) is 2.08. The van der Waals surface area contributed by atoms with Gasteiger partial charge in [0.05, 0.1) is 5.25 Å². The maximum Gasteiger partial charge on any atom is 0.237 e. The van der Waals surface area contributed by atoms with Crippen molar-refractivity contribution in [2.24, 2.45) is 5.92 Å². The van der Waals surface area contributed by atoms with Gasteiger partial charge < -0.3 is 15.3 Å².